The number of anilines is 1. The highest BCUT2D eigenvalue weighted by Crippen LogP contribution is 2.31. The third kappa shape index (κ3) is 2.66. The van der Waals surface area contributed by atoms with Crippen LogP contribution < -0.4 is 11.2 Å². The van der Waals surface area contributed by atoms with E-state index in [1.165, 1.54) is 29.8 Å². The molecular weight excluding hydrogens is 354 g/mol. The molecule has 3 rings (SSSR count). The van der Waals surface area contributed by atoms with Crippen molar-refractivity contribution in [2.24, 2.45) is 0 Å². The molecule has 0 aliphatic heterocycles. The van der Waals surface area contributed by atoms with Gasteiger partial charge in [-0.1, -0.05) is 0 Å². The largest absolute Gasteiger partial charge is 0.477 e. The van der Waals surface area contributed by atoms with Gasteiger partial charge < -0.3 is 15.4 Å². The molecule has 3 N–H and O–H groups in total. The van der Waals surface area contributed by atoms with Gasteiger partial charge in [0.1, 0.15) is 17.2 Å². The van der Waals surface area contributed by atoms with Gasteiger partial charge >= 0.3 is 5.97 Å². The lowest BCUT2D eigenvalue weighted by Gasteiger charge is -2.20. The smallest absolute Gasteiger partial charge is 0.341 e. The minimum Gasteiger partial charge on any atom is -0.477 e. The first-order valence-corrected chi connectivity index (χ1v) is 8.20. The van der Waals surface area contributed by atoms with Crippen LogP contribution in [-0.2, 0) is 0 Å². The zero-order valence-corrected chi connectivity index (χ0v) is 15.3. The van der Waals surface area contributed by atoms with Gasteiger partial charge in [-0.3, -0.25) is 4.79 Å². The third-order valence-corrected chi connectivity index (χ3v) is 4.96. The molecule has 140 valence electrons. The molecule has 27 heavy (non-hydrogen) atoms. The molecule has 5 nitrogen and oxygen atoms in total. The number of aryl methyl sites for hydroxylation is 3. The number of nitrogens with two attached hydrogens (primary N) is 1. The van der Waals surface area contributed by atoms with E-state index in [0.29, 0.717) is 27.9 Å². The number of halogens is 2. The van der Waals surface area contributed by atoms with Crippen LogP contribution in [0.25, 0.3) is 16.6 Å². The van der Waals surface area contributed by atoms with Crippen LogP contribution in [0.3, 0.4) is 0 Å². The highest BCUT2D eigenvalue weighted by molar-refractivity contribution is 5.96. The second-order valence-electron chi connectivity index (χ2n) is 6.62. The molecule has 0 bridgehead atoms. The molecule has 0 radical (unpaired) electrons. The van der Waals surface area contributed by atoms with Gasteiger partial charge in [0.25, 0.3) is 0 Å². The van der Waals surface area contributed by atoms with Crippen LogP contribution in [0.1, 0.15) is 32.6 Å². The van der Waals surface area contributed by atoms with E-state index < -0.39 is 28.6 Å². The molecule has 1 aromatic heterocycles. The lowest BCUT2D eigenvalue weighted by atomic mass is 9.97. The highest BCUT2D eigenvalue weighted by Gasteiger charge is 2.23. The Labute approximate surface area is 153 Å². The summed E-state index contributed by atoms with van der Waals surface area (Å²) in [5.41, 5.74) is 6.49. The Morgan fingerprint density at radius 1 is 1.07 bits per heavy atom. The maximum Gasteiger partial charge on any atom is 0.341 e. The van der Waals surface area contributed by atoms with E-state index in [1.807, 2.05) is 0 Å². The fourth-order valence-electron chi connectivity index (χ4n) is 3.34. The number of benzene rings is 2. The van der Waals surface area contributed by atoms with Gasteiger partial charge in [-0.25, -0.2) is 13.6 Å². The van der Waals surface area contributed by atoms with Gasteiger partial charge in [0.15, 0.2) is 0 Å². The minimum atomic E-state index is -1.43. The summed E-state index contributed by atoms with van der Waals surface area (Å²) in [6, 6.07) is 2.60. The van der Waals surface area contributed by atoms with Crippen molar-refractivity contribution in [3.8, 4) is 5.69 Å². The molecule has 0 unspecified atom stereocenters. The van der Waals surface area contributed by atoms with Gasteiger partial charge in [-0.05, 0) is 62.1 Å². The molecule has 0 fully saturated rings. The number of rotatable bonds is 2. The van der Waals surface area contributed by atoms with Crippen LogP contribution in [0.15, 0.2) is 23.1 Å². The van der Waals surface area contributed by atoms with Crippen LogP contribution in [0.4, 0.5) is 14.5 Å². The Balaban J connectivity index is 2.65. The standard InChI is InChI=1S/C20H18F2N2O3/c1-8-5-13(21)14(23)6-15(8)24-7-12(20(26)27)19(25)16-11(4)17(22)9(2)10(3)18(16)24/h5-7H,23H2,1-4H3,(H,26,27). The number of aromatic nitrogens is 1. The van der Waals surface area contributed by atoms with E-state index in [4.69, 9.17) is 5.73 Å². The lowest BCUT2D eigenvalue weighted by molar-refractivity contribution is 0.0695. The molecule has 0 spiro atoms. The van der Waals surface area contributed by atoms with Crippen LogP contribution in [-0.4, -0.2) is 15.6 Å². The minimum absolute atomic E-state index is 0.0159. The summed E-state index contributed by atoms with van der Waals surface area (Å²) in [7, 11) is 0. The lowest BCUT2D eigenvalue weighted by Crippen LogP contribution is -2.21. The molecule has 0 atom stereocenters. The Bertz CT molecular complexity index is 1200. The molecule has 1 heterocycles. The van der Waals surface area contributed by atoms with Gasteiger partial charge in [0.2, 0.25) is 5.43 Å². The highest BCUT2D eigenvalue weighted by atomic mass is 19.1. The van der Waals surface area contributed by atoms with E-state index in [9.17, 15) is 23.5 Å². The summed E-state index contributed by atoms with van der Waals surface area (Å²) < 4.78 is 29.9. The van der Waals surface area contributed by atoms with Gasteiger partial charge in [0, 0.05) is 6.20 Å². The number of aromatic carboxylic acids is 1. The number of hydrogen-bond donors (Lipinski definition) is 2. The molecule has 0 aliphatic rings. The third-order valence-electron chi connectivity index (χ3n) is 4.96. The quantitative estimate of drug-likeness (QED) is 0.671. The van der Waals surface area contributed by atoms with Crippen molar-refractivity contribution in [2.45, 2.75) is 27.7 Å². The van der Waals surface area contributed by atoms with Gasteiger partial charge in [-0.15, -0.1) is 0 Å². The molecular formula is C20H18F2N2O3. The maximum atomic E-state index is 14.6. The predicted molar refractivity (Wildman–Crippen MR) is 99.8 cm³/mol. The van der Waals surface area contributed by atoms with E-state index in [2.05, 4.69) is 0 Å². The van der Waals surface area contributed by atoms with Crippen LogP contribution in [0.5, 0.6) is 0 Å². The first-order chi connectivity index (χ1) is 12.6. The van der Waals surface area contributed by atoms with Crippen molar-refractivity contribution >= 4 is 22.6 Å². The Hall–Kier alpha value is -3.22. The average Bonchev–Trinajstić information content (AvgIpc) is 2.60. The SMILES string of the molecule is Cc1cc(F)c(N)cc1-n1cc(C(=O)O)c(=O)c2c(C)c(F)c(C)c(C)c21. The Kier molecular flexibility index (Phi) is 4.26. The fourth-order valence-corrected chi connectivity index (χ4v) is 3.34. The second-order valence-corrected chi connectivity index (χ2v) is 6.62. The van der Waals surface area contributed by atoms with E-state index >= 15 is 0 Å². The number of nitrogens with zero attached hydrogens (tertiary/aromatic N) is 1. The number of nitrogen functional groups attached to an aromatic ring is 1. The molecule has 0 saturated heterocycles. The summed E-state index contributed by atoms with van der Waals surface area (Å²) in [6.45, 7) is 6.32. The molecule has 0 amide bonds. The topological polar surface area (TPSA) is 85.3 Å². The van der Waals surface area contributed by atoms with Crippen molar-refractivity contribution in [3.05, 3.63) is 68.0 Å². The second kappa shape index (κ2) is 6.19. The molecule has 2 aromatic carbocycles. The normalized spacial score (nSPS) is 11.2. The van der Waals surface area contributed by atoms with E-state index in [0.717, 1.165) is 0 Å². The molecule has 0 aliphatic carbocycles. The Morgan fingerprint density at radius 3 is 2.30 bits per heavy atom. The summed E-state index contributed by atoms with van der Waals surface area (Å²) in [5.74, 6) is -2.59. The van der Waals surface area contributed by atoms with E-state index in [1.54, 1.807) is 20.8 Å². The van der Waals surface area contributed by atoms with Gasteiger partial charge in [-0.2, -0.15) is 0 Å². The molecule has 7 heteroatoms. The van der Waals surface area contributed by atoms with Crippen LogP contribution in [0, 0.1) is 39.3 Å². The number of fused-ring (bicyclic) bond motifs is 1. The van der Waals surface area contributed by atoms with Crippen molar-refractivity contribution in [3.63, 3.8) is 0 Å². The monoisotopic (exact) mass is 372 g/mol. The van der Waals surface area contributed by atoms with Crippen molar-refractivity contribution in [1.82, 2.24) is 4.57 Å². The zero-order valence-electron chi connectivity index (χ0n) is 15.3. The number of carboxylic acids is 1. The Morgan fingerprint density at radius 2 is 1.70 bits per heavy atom. The van der Waals surface area contributed by atoms with Crippen LogP contribution >= 0.6 is 0 Å². The van der Waals surface area contributed by atoms with Crippen LogP contribution in [0.2, 0.25) is 0 Å². The first kappa shape index (κ1) is 18.6. The summed E-state index contributed by atoms with van der Waals surface area (Å²) in [5, 5.41) is 9.44. The van der Waals surface area contributed by atoms with Crippen molar-refractivity contribution < 1.29 is 18.7 Å². The number of carbonyl (C=O) groups is 1. The van der Waals surface area contributed by atoms with Gasteiger partial charge in [0.05, 0.1) is 22.3 Å². The number of pyridine rings is 1. The zero-order chi connectivity index (χ0) is 20.2. The molecule has 3 aromatic rings. The van der Waals surface area contributed by atoms with Crippen molar-refractivity contribution in [2.75, 3.05) is 5.73 Å². The molecule has 0 saturated carbocycles. The first-order valence-electron chi connectivity index (χ1n) is 8.20. The number of hydrogen-bond acceptors (Lipinski definition) is 3. The predicted octanol–water partition coefficient (Wildman–Crippen LogP) is 3.78. The summed E-state index contributed by atoms with van der Waals surface area (Å²) >= 11 is 0. The van der Waals surface area contributed by atoms with E-state index in [-0.39, 0.29) is 16.6 Å². The summed E-state index contributed by atoms with van der Waals surface area (Å²) in [4.78, 5) is 24.4. The number of carboxylic acid groups (broad SMARTS) is 1. The average molecular weight is 372 g/mol. The maximum absolute atomic E-state index is 14.6. The summed E-state index contributed by atoms with van der Waals surface area (Å²) in [6.07, 6.45) is 1.18. The van der Waals surface area contributed by atoms with Crippen molar-refractivity contribution in [1.29, 1.82) is 0 Å². The fraction of sp³-hybridized carbons (Fsp3) is 0.200.